The normalized spacial score (nSPS) is 11.5. The maximum atomic E-state index is 6.16. The number of halogens is 1. The highest BCUT2D eigenvalue weighted by Gasteiger charge is 2.17. The Bertz CT molecular complexity index is 336. The van der Waals surface area contributed by atoms with E-state index in [9.17, 15) is 0 Å². The van der Waals surface area contributed by atoms with Gasteiger partial charge in [0.25, 0.3) is 0 Å². The third kappa shape index (κ3) is 3.40. The van der Waals surface area contributed by atoms with E-state index in [1.54, 1.807) is 7.11 Å². The summed E-state index contributed by atoms with van der Waals surface area (Å²) in [5, 5.41) is 4.02. The van der Waals surface area contributed by atoms with Gasteiger partial charge in [-0.1, -0.05) is 17.7 Å². The number of likely N-dealkylation sites (N-methyl/N-ethyl adjacent to an activating group) is 1. The second-order valence-electron chi connectivity index (χ2n) is 4.27. The summed E-state index contributed by atoms with van der Waals surface area (Å²) >= 11 is 6.16. The fourth-order valence-corrected chi connectivity index (χ4v) is 1.60. The van der Waals surface area contributed by atoms with E-state index in [1.807, 2.05) is 25.2 Å². The summed E-state index contributed by atoms with van der Waals surface area (Å²) in [5.74, 6) is 0.797. The summed E-state index contributed by atoms with van der Waals surface area (Å²) in [6.07, 6.45) is 0.895. The van der Waals surface area contributed by atoms with Crippen molar-refractivity contribution in [3.8, 4) is 5.75 Å². The molecule has 1 N–H and O–H groups in total. The molecule has 1 aromatic carbocycles. The number of nitrogens with one attached hydrogen (secondary N) is 1. The van der Waals surface area contributed by atoms with Crippen LogP contribution < -0.4 is 10.1 Å². The molecule has 0 saturated heterocycles. The summed E-state index contributed by atoms with van der Waals surface area (Å²) in [7, 11) is 3.60. The standard InChI is InChI=1S/C12H18ClNO/c1-12(2,14-3)8-9-5-6-10(15-4)7-11(9)13/h5-7,14H,8H2,1-4H3. The number of methoxy groups -OCH3 is 1. The molecule has 0 amide bonds. The van der Waals surface area contributed by atoms with E-state index in [4.69, 9.17) is 16.3 Å². The van der Waals surface area contributed by atoms with E-state index in [0.29, 0.717) is 0 Å². The minimum atomic E-state index is 0.0538. The van der Waals surface area contributed by atoms with Crippen molar-refractivity contribution >= 4 is 11.6 Å². The quantitative estimate of drug-likeness (QED) is 0.854. The molecule has 0 atom stereocenters. The molecule has 1 aromatic rings. The monoisotopic (exact) mass is 227 g/mol. The zero-order valence-corrected chi connectivity index (χ0v) is 10.5. The van der Waals surface area contributed by atoms with Crippen LogP contribution in [0.3, 0.4) is 0 Å². The van der Waals surface area contributed by atoms with Crippen molar-refractivity contribution in [1.29, 1.82) is 0 Å². The van der Waals surface area contributed by atoms with Crippen LogP contribution in [0.25, 0.3) is 0 Å². The van der Waals surface area contributed by atoms with Crippen LogP contribution in [0.15, 0.2) is 18.2 Å². The highest BCUT2D eigenvalue weighted by Crippen LogP contribution is 2.25. The first kappa shape index (κ1) is 12.3. The molecule has 0 unspecified atom stereocenters. The number of hydrogen-bond acceptors (Lipinski definition) is 2. The van der Waals surface area contributed by atoms with E-state index >= 15 is 0 Å². The predicted octanol–water partition coefficient (Wildman–Crippen LogP) is 2.89. The van der Waals surface area contributed by atoms with Gasteiger partial charge in [-0.15, -0.1) is 0 Å². The summed E-state index contributed by atoms with van der Waals surface area (Å²) in [6, 6.07) is 5.80. The van der Waals surface area contributed by atoms with E-state index in [0.717, 1.165) is 22.8 Å². The minimum Gasteiger partial charge on any atom is -0.497 e. The van der Waals surface area contributed by atoms with Crippen LogP contribution in [-0.4, -0.2) is 19.7 Å². The number of hydrogen-bond donors (Lipinski definition) is 1. The fraction of sp³-hybridized carbons (Fsp3) is 0.500. The van der Waals surface area contributed by atoms with E-state index in [1.165, 1.54) is 0 Å². The molecule has 3 heteroatoms. The molecule has 2 nitrogen and oxygen atoms in total. The molecule has 15 heavy (non-hydrogen) atoms. The van der Waals surface area contributed by atoms with Crippen molar-refractivity contribution < 1.29 is 4.74 Å². The zero-order chi connectivity index (χ0) is 11.5. The molecule has 0 aliphatic carbocycles. The highest BCUT2D eigenvalue weighted by molar-refractivity contribution is 6.31. The molecule has 0 fully saturated rings. The SMILES string of the molecule is CNC(C)(C)Cc1ccc(OC)cc1Cl. The Kier molecular flexibility index (Phi) is 4.00. The Morgan fingerprint density at radius 2 is 2.07 bits per heavy atom. The van der Waals surface area contributed by atoms with E-state index < -0.39 is 0 Å². The van der Waals surface area contributed by atoms with Gasteiger partial charge >= 0.3 is 0 Å². The van der Waals surface area contributed by atoms with Gasteiger partial charge in [0.2, 0.25) is 0 Å². The molecular weight excluding hydrogens is 210 g/mol. The Hall–Kier alpha value is -0.730. The van der Waals surface area contributed by atoms with Gasteiger partial charge in [-0.05, 0) is 45.0 Å². The van der Waals surface area contributed by atoms with Crippen LogP contribution in [0.2, 0.25) is 5.02 Å². The number of rotatable bonds is 4. The smallest absolute Gasteiger partial charge is 0.120 e. The predicted molar refractivity (Wildman–Crippen MR) is 64.8 cm³/mol. The lowest BCUT2D eigenvalue weighted by Crippen LogP contribution is -2.38. The summed E-state index contributed by atoms with van der Waals surface area (Å²) in [5.41, 5.74) is 1.19. The average molecular weight is 228 g/mol. The van der Waals surface area contributed by atoms with Crippen molar-refractivity contribution in [1.82, 2.24) is 5.32 Å². The fourth-order valence-electron chi connectivity index (χ4n) is 1.36. The zero-order valence-electron chi connectivity index (χ0n) is 9.73. The lowest BCUT2D eigenvalue weighted by Gasteiger charge is -2.24. The van der Waals surface area contributed by atoms with Crippen LogP contribution in [0.4, 0.5) is 0 Å². The molecular formula is C12H18ClNO. The summed E-state index contributed by atoms with van der Waals surface area (Å²) in [4.78, 5) is 0. The van der Waals surface area contributed by atoms with Crippen molar-refractivity contribution in [2.45, 2.75) is 25.8 Å². The largest absolute Gasteiger partial charge is 0.497 e. The van der Waals surface area contributed by atoms with Crippen LogP contribution in [0.1, 0.15) is 19.4 Å². The summed E-state index contributed by atoms with van der Waals surface area (Å²) < 4.78 is 5.11. The molecule has 0 heterocycles. The molecule has 0 bridgehead atoms. The average Bonchev–Trinajstić information content (AvgIpc) is 2.21. The number of ether oxygens (including phenoxy) is 1. The number of benzene rings is 1. The van der Waals surface area contributed by atoms with Crippen molar-refractivity contribution in [3.63, 3.8) is 0 Å². The minimum absolute atomic E-state index is 0.0538. The highest BCUT2D eigenvalue weighted by atomic mass is 35.5. The maximum Gasteiger partial charge on any atom is 0.120 e. The first-order valence-electron chi connectivity index (χ1n) is 5.00. The van der Waals surface area contributed by atoms with Crippen molar-refractivity contribution in [2.75, 3.05) is 14.2 Å². The second kappa shape index (κ2) is 4.86. The van der Waals surface area contributed by atoms with Gasteiger partial charge in [0.1, 0.15) is 5.75 Å². The molecule has 0 spiro atoms. The lowest BCUT2D eigenvalue weighted by atomic mass is 9.95. The molecule has 0 radical (unpaired) electrons. The van der Waals surface area contributed by atoms with Gasteiger partial charge in [0, 0.05) is 10.6 Å². The van der Waals surface area contributed by atoms with Gasteiger partial charge in [0.15, 0.2) is 0 Å². The summed E-state index contributed by atoms with van der Waals surface area (Å²) in [6.45, 7) is 4.29. The van der Waals surface area contributed by atoms with Crippen LogP contribution in [0, 0.1) is 0 Å². The van der Waals surface area contributed by atoms with Gasteiger partial charge in [-0.3, -0.25) is 0 Å². The van der Waals surface area contributed by atoms with Crippen LogP contribution >= 0.6 is 11.6 Å². The van der Waals surface area contributed by atoms with Gasteiger partial charge in [0.05, 0.1) is 7.11 Å². The third-order valence-electron chi connectivity index (χ3n) is 2.57. The first-order chi connectivity index (χ1) is 6.98. The van der Waals surface area contributed by atoms with Gasteiger partial charge in [-0.2, -0.15) is 0 Å². The molecule has 0 aliphatic heterocycles. The van der Waals surface area contributed by atoms with E-state index in [-0.39, 0.29) is 5.54 Å². The Balaban J connectivity index is 2.87. The molecule has 1 rings (SSSR count). The Morgan fingerprint density at radius 1 is 1.40 bits per heavy atom. The first-order valence-corrected chi connectivity index (χ1v) is 5.37. The van der Waals surface area contributed by atoms with Gasteiger partial charge in [-0.25, -0.2) is 0 Å². The topological polar surface area (TPSA) is 21.3 Å². The van der Waals surface area contributed by atoms with E-state index in [2.05, 4.69) is 19.2 Å². The second-order valence-corrected chi connectivity index (χ2v) is 4.68. The molecule has 0 aliphatic rings. The van der Waals surface area contributed by atoms with Crippen LogP contribution in [-0.2, 0) is 6.42 Å². The Morgan fingerprint density at radius 3 is 2.53 bits per heavy atom. The lowest BCUT2D eigenvalue weighted by molar-refractivity contribution is 0.411. The third-order valence-corrected chi connectivity index (χ3v) is 2.92. The van der Waals surface area contributed by atoms with Crippen LogP contribution in [0.5, 0.6) is 5.75 Å². The van der Waals surface area contributed by atoms with Gasteiger partial charge < -0.3 is 10.1 Å². The molecule has 0 aromatic heterocycles. The molecule has 84 valence electrons. The molecule has 0 saturated carbocycles. The Labute approximate surface area is 96.6 Å². The van der Waals surface area contributed by atoms with Crippen molar-refractivity contribution in [3.05, 3.63) is 28.8 Å². The maximum absolute atomic E-state index is 6.16. The van der Waals surface area contributed by atoms with Crippen molar-refractivity contribution in [2.24, 2.45) is 0 Å².